The number of hydrogen-bond donors (Lipinski definition) is 0. The third-order valence-electron chi connectivity index (χ3n) is 3.78. The summed E-state index contributed by atoms with van der Waals surface area (Å²) in [5, 5.41) is 0. The molecule has 0 saturated heterocycles. The third kappa shape index (κ3) is 3.72. The van der Waals surface area contributed by atoms with E-state index in [2.05, 4.69) is 50.3 Å². The third-order valence-corrected chi connectivity index (χ3v) is 5.14. The standard InChI is InChI=1S/C15H19BrINO/c1-2-18(12-6-4-3-5-7-12)15(19)13-10-11(17)8-9-14(13)16/h8-10,12H,2-7H2,1H3. The van der Waals surface area contributed by atoms with Gasteiger partial charge in [-0.15, -0.1) is 0 Å². The molecule has 1 amide bonds. The predicted molar refractivity (Wildman–Crippen MR) is 90.4 cm³/mol. The van der Waals surface area contributed by atoms with Crippen LogP contribution < -0.4 is 0 Å². The van der Waals surface area contributed by atoms with E-state index in [0.29, 0.717) is 6.04 Å². The number of carbonyl (C=O) groups excluding carboxylic acids is 1. The molecule has 1 aliphatic rings. The highest BCUT2D eigenvalue weighted by atomic mass is 127. The number of amides is 1. The number of halogens is 2. The van der Waals surface area contributed by atoms with Gasteiger partial charge in [0, 0.05) is 20.6 Å². The summed E-state index contributed by atoms with van der Waals surface area (Å²) in [5.41, 5.74) is 0.791. The van der Waals surface area contributed by atoms with Gasteiger partial charge in [-0.3, -0.25) is 4.79 Å². The zero-order valence-electron chi connectivity index (χ0n) is 11.2. The van der Waals surface area contributed by atoms with Crippen LogP contribution in [0.5, 0.6) is 0 Å². The lowest BCUT2D eigenvalue weighted by atomic mass is 9.93. The van der Waals surface area contributed by atoms with E-state index < -0.39 is 0 Å². The summed E-state index contributed by atoms with van der Waals surface area (Å²) in [6, 6.07) is 6.37. The van der Waals surface area contributed by atoms with Crippen molar-refractivity contribution in [3.05, 3.63) is 31.8 Å². The molecule has 1 aliphatic carbocycles. The molecule has 0 spiro atoms. The molecule has 0 atom stereocenters. The van der Waals surface area contributed by atoms with Crippen molar-refractivity contribution < 1.29 is 4.79 Å². The maximum Gasteiger partial charge on any atom is 0.255 e. The van der Waals surface area contributed by atoms with Gasteiger partial charge < -0.3 is 4.90 Å². The second kappa shape index (κ2) is 7.07. The van der Waals surface area contributed by atoms with Crippen LogP contribution in [0.2, 0.25) is 0 Å². The van der Waals surface area contributed by atoms with Crippen LogP contribution in [0.25, 0.3) is 0 Å². The SMILES string of the molecule is CCN(C(=O)c1cc(I)ccc1Br)C1CCCCC1. The van der Waals surface area contributed by atoms with Gasteiger partial charge in [-0.05, 0) is 76.5 Å². The molecule has 19 heavy (non-hydrogen) atoms. The molecule has 0 aromatic heterocycles. The smallest absolute Gasteiger partial charge is 0.255 e. The van der Waals surface area contributed by atoms with E-state index in [0.717, 1.165) is 33.0 Å². The Morgan fingerprint density at radius 1 is 1.37 bits per heavy atom. The average Bonchev–Trinajstić information content (AvgIpc) is 2.43. The van der Waals surface area contributed by atoms with E-state index in [4.69, 9.17) is 0 Å². The summed E-state index contributed by atoms with van der Waals surface area (Å²) < 4.78 is 2.00. The number of nitrogens with zero attached hydrogens (tertiary/aromatic N) is 1. The van der Waals surface area contributed by atoms with Crippen LogP contribution in [0, 0.1) is 3.57 Å². The molecule has 0 radical (unpaired) electrons. The van der Waals surface area contributed by atoms with E-state index in [1.807, 2.05) is 18.2 Å². The van der Waals surface area contributed by atoms with Crippen LogP contribution in [0.15, 0.2) is 22.7 Å². The first-order valence-corrected chi connectivity index (χ1v) is 8.76. The molecule has 1 saturated carbocycles. The summed E-state index contributed by atoms with van der Waals surface area (Å²) in [7, 11) is 0. The molecule has 1 aromatic carbocycles. The molecule has 0 bridgehead atoms. The minimum Gasteiger partial charge on any atom is -0.336 e. The number of hydrogen-bond acceptors (Lipinski definition) is 1. The maximum absolute atomic E-state index is 12.7. The Kier molecular flexibility index (Phi) is 5.69. The van der Waals surface area contributed by atoms with Gasteiger partial charge in [-0.1, -0.05) is 19.3 Å². The van der Waals surface area contributed by atoms with Crippen LogP contribution in [-0.4, -0.2) is 23.4 Å². The van der Waals surface area contributed by atoms with Gasteiger partial charge in [0.25, 0.3) is 5.91 Å². The monoisotopic (exact) mass is 435 g/mol. The molecule has 2 nitrogen and oxygen atoms in total. The fourth-order valence-corrected chi connectivity index (χ4v) is 3.68. The lowest BCUT2D eigenvalue weighted by molar-refractivity contribution is 0.0647. The van der Waals surface area contributed by atoms with Crippen molar-refractivity contribution in [3.63, 3.8) is 0 Å². The zero-order valence-corrected chi connectivity index (χ0v) is 14.9. The molecule has 104 valence electrons. The zero-order chi connectivity index (χ0) is 13.8. The average molecular weight is 436 g/mol. The van der Waals surface area contributed by atoms with Crippen molar-refractivity contribution in [2.24, 2.45) is 0 Å². The van der Waals surface area contributed by atoms with Crippen LogP contribution in [0.4, 0.5) is 0 Å². The summed E-state index contributed by atoms with van der Waals surface area (Å²) in [6.45, 7) is 2.87. The molecule has 1 fully saturated rings. The number of carbonyl (C=O) groups is 1. The van der Waals surface area contributed by atoms with Crippen molar-refractivity contribution >= 4 is 44.4 Å². The lowest BCUT2D eigenvalue weighted by Gasteiger charge is -2.34. The Morgan fingerprint density at radius 3 is 2.68 bits per heavy atom. The van der Waals surface area contributed by atoms with Crippen molar-refractivity contribution in [1.82, 2.24) is 4.90 Å². The summed E-state index contributed by atoms with van der Waals surface area (Å²) >= 11 is 5.76. The molecule has 4 heteroatoms. The van der Waals surface area contributed by atoms with E-state index in [1.54, 1.807) is 0 Å². The second-order valence-electron chi connectivity index (χ2n) is 5.01. The minimum atomic E-state index is 0.166. The Labute approximate surface area is 137 Å². The molecule has 0 unspecified atom stereocenters. The van der Waals surface area contributed by atoms with E-state index in [9.17, 15) is 4.79 Å². The topological polar surface area (TPSA) is 20.3 Å². The van der Waals surface area contributed by atoms with Gasteiger partial charge in [0.2, 0.25) is 0 Å². The van der Waals surface area contributed by atoms with Crippen LogP contribution in [0.3, 0.4) is 0 Å². The van der Waals surface area contributed by atoms with Crippen molar-refractivity contribution in [1.29, 1.82) is 0 Å². The highest BCUT2D eigenvalue weighted by Crippen LogP contribution is 2.26. The van der Waals surface area contributed by atoms with E-state index in [-0.39, 0.29) is 5.91 Å². The Morgan fingerprint density at radius 2 is 2.05 bits per heavy atom. The van der Waals surface area contributed by atoms with Crippen molar-refractivity contribution in [2.45, 2.75) is 45.1 Å². The largest absolute Gasteiger partial charge is 0.336 e. The van der Waals surface area contributed by atoms with Crippen LogP contribution in [0.1, 0.15) is 49.4 Å². The van der Waals surface area contributed by atoms with Gasteiger partial charge in [0.05, 0.1) is 5.56 Å². The first-order chi connectivity index (χ1) is 9.13. The van der Waals surface area contributed by atoms with Crippen molar-refractivity contribution in [2.75, 3.05) is 6.54 Å². The first-order valence-electron chi connectivity index (χ1n) is 6.89. The molecule has 0 heterocycles. The minimum absolute atomic E-state index is 0.166. The highest BCUT2D eigenvalue weighted by molar-refractivity contribution is 14.1. The molecule has 0 N–H and O–H groups in total. The Bertz CT molecular complexity index is 457. The van der Waals surface area contributed by atoms with Gasteiger partial charge >= 0.3 is 0 Å². The fraction of sp³-hybridized carbons (Fsp3) is 0.533. The number of rotatable bonds is 3. The number of benzene rings is 1. The van der Waals surface area contributed by atoms with Gasteiger partial charge in [-0.25, -0.2) is 0 Å². The van der Waals surface area contributed by atoms with Gasteiger partial charge in [0.15, 0.2) is 0 Å². The maximum atomic E-state index is 12.7. The normalized spacial score (nSPS) is 16.4. The quantitative estimate of drug-likeness (QED) is 0.621. The lowest BCUT2D eigenvalue weighted by Crippen LogP contribution is -2.41. The van der Waals surface area contributed by atoms with Crippen LogP contribution in [-0.2, 0) is 0 Å². The second-order valence-corrected chi connectivity index (χ2v) is 7.11. The van der Waals surface area contributed by atoms with Gasteiger partial charge in [0.1, 0.15) is 0 Å². The van der Waals surface area contributed by atoms with E-state index >= 15 is 0 Å². The van der Waals surface area contributed by atoms with Crippen LogP contribution >= 0.6 is 38.5 Å². The Hall–Kier alpha value is -0.100. The highest BCUT2D eigenvalue weighted by Gasteiger charge is 2.26. The molecule has 2 rings (SSSR count). The first kappa shape index (κ1) is 15.3. The molecule has 0 aliphatic heterocycles. The van der Waals surface area contributed by atoms with Gasteiger partial charge in [-0.2, -0.15) is 0 Å². The summed E-state index contributed by atoms with van der Waals surface area (Å²) in [5.74, 6) is 0.166. The van der Waals surface area contributed by atoms with Crippen molar-refractivity contribution in [3.8, 4) is 0 Å². The molecular weight excluding hydrogens is 417 g/mol. The molecular formula is C15H19BrINO. The Balaban J connectivity index is 2.22. The summed E-state index contributed by atoms with van der Waals surface area (Å²) in [6.07, 6.45) is 6.13. The molecule has 1 aromatic rings. The summed E-state index contributed by atoms with van der Waals surface area (Å²) in [4.78, 5) is 14.8. The fourth-order valence-electron chi connectivity index (χ4n) is 2.78. The predicted octanol–water partition coefficient (Wildman–Crippen LogP) is 4.85. The van der Waals surface area contributed by atoms with E-state index in [1.165, 1.54) is 19.3 Å².